The molecule has 1 amide bonds. The Morgan fingerprint density at radius 3 is 2.74 bits per heavy atom. The lowest BCUT2D eigenvalue weighted by Crippen LogP contribution is -2.42. The van der Waals surface area contributed by atoms with Gasteiger partial charge in [0.25, 0.3) is 5.56 Å². The number of hydrogen-bond acceptors (Lipinski definition) is 4. The van der Waals surface area contributed by atoms with Gasteiger partial charge in [0, 0.05) is 24.8 Å². The van der Waals surface area contributed by atoms with Crippen LogP contribution in [0.2, 0.25) is 0 Å². The summed E-state index contributed by atoms with van der Waals surface area (Å²) in [5, 5.41) is 7.50. The molecular formula is C24H25FN4O2. The molecule has 1 atom stereocenters. The summed E-state index contributed by atoms with van der Waals surface area (Å²) in [7, 11) is 0. The fourth-order valence-electron chi connectivity index (χ4n) is 3.88. The third kappa shape index (κ3) is 4.50. The van der Waals surface area contributed by atoms with Crippen molar-refractivity contribution in [1.82, 2.24) is 9.78 Å². The lowest BCUT2D eigenvalue weighted by atomic mass is 9.96. The van der Waals surface area contributed by atoms with Gasteiger partial charge in [0.05, 0.1) is 11.6 Å². The maximum Gasteiger partial charge on any atom is 0.271 e. The predicted octanol–water partition coefficient (Wildman–Crippen LogP) is 3.84. The molecule has 1 aliphatic heterocycles. The summed E-state index contributed by atoms with van der Waals surface area (Å²) in [5.41, 5.74) is 3.06. The van der Waals surface area contributed by atoms with Crippen molar-refractivity contribution in [2.75, 3.05) is 23.3 Å². The summed E-state index contributed by atoms with van der Waals surface area (Å²) in [4.78, 5) is 27.2. The normalized spacial score (nSPS) is 16.2. The Morgan fingerprint density at radius 2 is 1.94 bits per heavy atom. The summed E-state index contributed by atoms with van der Waals surface area (Å²) in [6, 6.07) is 14.7. The van der Waals surface area contributed by atoms with Crippen LogP contribution in [0.15, 0.2) is 59.4 Å². The minimum Gasteiger partial charge on any atom is -0.354 e. The molecule has 160 valence electrons. The van der Waals surface area contributed by atoms with Crippen molar-refractivity contribution in [3.63, 3.8) is 0 Å². The first-order chi connectivity index (χ1) is 14.9. The van der Waals surface area contributed by atoms with E-state index >= 15 is 0 Å². The van der Waals surface area contributed by atoms with Gasteiger partial charge in [-0.3, -0.25) is 9.59 Å². The Morgan fingerprint density at radius 1 is 1.13 bits per heavy atom. The van der Waals surface area contributed by atoms with E-state index in [9.17, 15) is 14.0 Å². The van der Waals surface area contributed by atoms with Gasteiger partial charge in [-0.15, -0.1) is 5.10 Å². The number of nitrogens with one attached hydrogen (secondary N) is 1. The lowest BCUT2D eigenvalue weighted by molar-refractivity contribution is -0.120. The predicted molar refractivity (Wildman–Crippen MR) is 119 cm³/mol. The monoisotopic (exact) mass is 420 g/mol. The molecule has 1 aromatic heterocycles. The maximum absolute atomic E-state index is 13.6. The average Bonchev–Trinajstić information content (AvgIpc) is 2.77. The van der Waals surface area contributed by atoms with Gasteiger partial charge >= 0.3 is 0 Å². The van der Waals surface area contributed by atoms with E-state index in [4.69, 9.17) is 0 Å². The molecule has 7 heteroatoms. The number of hydrogen-bond donors (Lipinski definition) is 1. The number of benzene rings is 2. The summed E-state index contributed by atoms with van der Waals surface area (Å²) in [6.45, 7) is 5.26. The molecule has 2 heterocycles. The van der Waals surface area contributed by atoms with Crippen LogP contribution in [-0.4, -0.2) is 28.8 Å². The smallest absolute Gasteiger partial charge is 0.271 e. The second kappa shape index (κ2) is 8.71. The van der Waals surface area contributed by atoms with E-state index < -0.39 is 5.82 Å². The SMILES string of the molecule is Cc1cccc(NC(=O)[C@H]2CCCN(c3ccc(=O)n(-c4cccc(F)c4)n3)C2)c1C. The van der Waals surface area contributed by atoms with Crippen molar-refractivity contribution >= 4 is 17.4 Å². The van der Waals surface area contributed by atoms with E-state index in [1.807, 2.05) is 36.9 Å². The summed E-state index contributed by atoms with van der Waals surface area (Å²) >= 11 is 0. The van der Waals surface area contributed by atoms with E-state index in [1.165, 1.54) is 22.9 Å². The fraction of sp³-hybridized carbons (Fsp3) is 0.292. The zero-order valence-corrected chi connectivity index (χ0v) is 17.6. The second-order valence-corrected chi connectivity index (χ2v) is 7.94. The number of carbonyl (C=O) groups excluding carboxylic acids is 1. The fourth-order valence-corrected chi connectivity index (χ4v) is 3.88. The molecule has 0 radical (unpaired) electrons. The van der Waals surface area contributed by atoms with E-state index in [-0.39, 0.29) is 17.4 Å². The average molecular weight is 420 g/mol. The Kier molecular flexibility index (Phi) is 5.84. The highest BCUT2D eigenvalue weighted by atomic mass is 19.1. The third-order valence-corrected chi connectivity index (χ3v) is 5.82. The van der Waals surface area contributed by atoms with Crippen molar-refractivity contribution in [1.29, 1.82) is 0 Å². The second-order valence-electron chi connectivity index (χ2n) is 7.94. The van der Waals surface area contributed by atoms with Crippen molar-refractivity contribution in [2.24, 2.45) is 5.92 Å². The van der Waals surface area contributed by atoms with Crippen LogP contribution in [0, 0.1) is 25.6 Å². The van der Waals surface area contributed by atoms with E-state index in [1.54, 1.807) is 18.2 Å². The maximum atomic E-state index is 13.6. The Balaban J connectivity index is 1.53. The minimum atomic E-state index is -0.433. The number of aromatic nitrogens is 2. The molecular weight excluding hydrogens is 395 g/mol. The number of aryl methyl sites for hydroxylation is 1. The van der Waals surface area contributed by atoms with Gasteiger partial charge in [-0.25, -0.2) is 4.39 Å². The zero-order valence-electron chi connectivity index (χ0n) is 17.6. The van der Waals surface area contributed by atoms with Crippen LogP contribution in [0.5, 0.6) is 0 Å². The molecule has 6 nitrogen and oxygen atoms in total. The van der Waals surface area contributed by atoms with Crippen LogP contribution >= 0.6 is 0 Å². The Labute approximate surface area is 180 Å². The number of amides is 1. The molecule has 0 bridgehead atoms. The quantitative estimate of drug-likeness (QED) is 0.696. The van der Waals surface area contributed by atoms with Crippen molar-refractivity contribution in [2.45, 2.75) is 26.7 Å². The van der Waals surface area contributed by atoms with Gasteiger partial charge in [0.1, 0.15) is 11.6 Å². The van der Waals surface area contributed by atoms with Crippen LogP contribution < -0.4 is 15.8 Å². The molecule has 31 heavy (non-hydrogen) atoms. The summed E-state index contributed by atoms with van der Waals surface area (Å²) < 4.78 is 14.8. The number of anilines is 2. The van der Waals surface area contributed by atoms with Gasteiger partial charge in [-0.2, -0.15) is 4.68 Å². The highest BCUT2D eigenvalue weighted by molar-refractivity contribution is 5.93. The largest absolute Gasteiger partial charge is 0.354 e. The molecule has 0 unspecified atom stereocenters. The first-order valence-electron chi connectivity index (χ1n) is 10.4. The highest BCUT2D eigenvalue weighted by Crippen LogP contribution is 2.24. The first-order valence-corrected chi connectivity index (χ1v) is 10.4. The van der Waals surface area contributed by atoms with Gasteiger partial charge in [-0.05, 0) is 68.1 Å². The van der Waals surface area contributed by atoms with Crippen LogP contribution in [0.1, 0.15) is 24.0 Å². The number of carbonyl (C=O) groups is 1. The van der Waals surface area contributed by atoms with Crippen molar-refractivity contribution < 1.29 is 9.18 Å². The zero-order chi connectivity index (χ0) is 22.0. The molecule has 4 rings (SSSR count). The molecule has 1 saturated heterocycles. The van der Waals surface area contributed by atoms with E-state index in [2.05, 4.69) is 10.4 Å². The molecule has 2 aromatic carbocycles. The Hall–Kier alpha value is -3.48. The van der Waals surface area contributed by atoms with E-state index in [0.717, 1.165) is 36.2 Å². The standard InChI is InChI=1S/C24H25FN4O2/c1-16-6-3-10-21(17(16)2)26-24(31)18-7-5-13-28(15-18)22-11-12-23(30)29(27-22)20-9-4-8-19(25)14-20/h3-4,6,8-12,14,18H,5,7,13,15H2,1-2H3,(H,26,31)/t18-/m0/s1. The van der Waals surface area contributed by atoms with Gasteiger partial charge in [0.2, 0.25) is 5.91 Å². The molecule has 1 fully saturated rings. The van der Waals surface area contributed by atoms with Gasteiger partial charge in [-0.1, -0.05) is 18.2 Å². The molecule has 3 aromatic rings. The van der Waals surface area contributed by atoms with Crippen LogP contribution in [-0.2, 0) is 4.79 Å². The topological polar surface area (TPSA) is 67.2 Å². The lowest BCUT2D eigenvalue weighted by Gasteiger charge is -2.33. The number of halogens is 1. The van der Waals surface area contributed by atoms with Crippen LogP contribution in [0.3, 0.4) is 0 Å². The summed E-state index contributed by atoms with van der Waals surface area (Å²) in [5.74, 6) is -0.0484. The minimum absolute atomic E-state index is 0.0168. The summed E-state index contributed by atoms with van der Waals surface area (Å²) in [6.07, 6.45) is 1.63. The molecule has 0 saturated carbocycles. The van der Waals surface area contributed by atoms with E-state index in [0.29, 0.717) is 18.1 Å². The first kappa shape index (κ1) is 20.8. The number of piperidine rings is 1. The molecule has 0 aliphatic carbocycles. The highest BCUT2D eigenvalue weighted by Gasteiger charge is 2.27. The third-order valence-electron chi connectivity index (χ3n) is 5.82. The Bertz CT molecular complexity index is 1170. The van der Waals surface area contributed by atoms with Crippen molar-refractivity contribution in [3.8, 4) is 5.69 Å². The van der Waals surface area contributed by atoms with Crippen LogP contribution in [0.4, 0.5) is 15.9 Å². The molecule has 1 N–H and O–H groups in total. The number of rotatable bonds is 4. The molecule has 1 aliphatic rings. The molecule has 0 spiro atoms. The van der Waals surface area contributed by atoms with Gasteiger partial charge < -0.3 is 10.2 Å². The van der Waals surface area contributed by atoms with Gasteiger partial charge in [0.15, 0.2) is 0 Å². The number of nitrogens with zero attached hydrogens (tertiary/aromatic N) is 3. The van der Waals surface area contributed by atoms with Crippen molar-refractivity contribution in [3.05, 3.63) is 81.9 Å². The van der Waals surface area contributed by atoms with Crippen LogP contribution in [0.25, 0.3) is 5.69 Å².